The third kappa shape index (κ3) is 4.74. The predicted molar refractivity (Wildman–Crippen MR) is 143 cm³/mol. The minimum Gasteiger partial charge on any atom is -0.497 e. The zero-order chi connectivity index (χ0) is 26.1. The molecule has 4 heterocycles. The first-order chi connectivity index (χ1) is 18.6. The number of hydrogen-bond donors (Lipinski definition) is 1. The van der Waals surface area contributed by atoms with E-state index in [2.05, 4.69) is 16.3 Å². The van der Waals surface area contributed by atoms with Gasteiger partial charge in [-0.1, -0.05) is 6.07 Å². The molecule has 2 aliphatic rings. The van der Waals surface area contributed by atoms with E-state index in [-0.39, 0.29) is 18.4 Å². The lowest BCUT2D eigenvalue weighted by Crippen LogP contribution is -2.45. The van der Waals surface area contributed by atoms with Gasteiger partial charge in [-0.05, 0) is 47.9 Å². The van der Waals surface area contributed by atoms with E-state index in [4.69, 9.17) is 24.2 Å². The molecular formula is C28H30N6O4. The van der Waals surface area contributed by atoms with E-state index in [9.17, 15) is 4.79 Å². The molecular weight excluding hydrogens is 484 g/mol. The maximum absolute atomic E-state index is 13.1. The van der Waals surface area contributed by atoms with Crippen molar-refractivity contribution in [3.63, 3.8) is 0 Å². The molecule has 2 aliphatic heterocycles. The molecule has 1 N–H and O–H groups in total. The number of morpholine rings is 1. The summed E-state index contributed by atoms with van der Waals surface area (Å²) in [5, 5.41) is 7.83. The number of benzene rings is 2. The highest BCUT2D eigenvalue weighted by atomic mass is 16.5. The van der Waals surface area contributed by atoms with Crippen LogP contribution < -0.4 is 14.4 Å². The van der Waals surface area contributed by atoms with Crippen molar-refractivity contribution in [3.05, 3.63) is 60.2 Å². The van der Waals surface area contributed by atoms with E-state index >= 15 is 0 Å². The molecule has 38 heavy (non-hydrogen) atoms. The van der Waals surface area contributed by atoms with Crippen molar-refractivity contribution < 1.29 is 19.0 Å². The Balaban J connectivity index is 1.37. The number of methoxy groups -OCH3 is 1. The van der Waals surface area contributed by atoms with Crippen LogP contribution in [0.5, 0.6) is 11.5 Å². The van der Waals surface area contributed by atoms with Crippen LogP contribution >= 0.6 is 0 Å². The van der Waals surface area contributed by atoms with Crippen LogP contribution in [0, 0.1) is 0 Å². The Morgan fingerprint density at radius 3 is 2.82 bits per heavy atom. The van der Waals surface area contributed by atoms with E-state index in [1.54, 1.807) is 13.3 Å². The second kappa shape index (κ2) is 10.3. The van der Waals surface area contributed by atoms with Gasteiger partial charge in [0.2, 0.25) is 5.91 Å². The van der Waals surface area contributed by atoms with E-state index in [1.165, 1.54) is 0 Å². The van der Waals surface area contributed by atoms with Gasteiger partial charge in [0.15, 0.2) is 0 Å². The molecule has 0 unspecified atom stereocenters. The van der Waals surface area contributed by atoms with Crippen LogP contribution in [0.4, 0.5) is 5.82 Å². The molecule has 0 radical (unpaired) electrons. The second-order valence-electron chi connectivity index (χ2n) is 9.66. The monoisotopic (exact) mass is 514 g/mol. The Labute approximate surface area is 220 Å². The van der Waals surface area contributed by atoms with Crippen molar-refractivity contribution in [2.45, 2.75) is 12.3 Å². The molecule has 196 valence electrons. The van der Waals surface area contributed by atoms with Gasteiger partial charge in [-0.3, -0.25) is 9.89 Å². The fourth-order valence-electron chi connectivity index (χ4n) is 5.05. The van der Waals surface area contributed by atoms with Gasteiger partial charge >= 0.3 is 0 Å². The summed E-state index contributed by atoms with van der Waals surface area (Å²) < 4.78 is 16.9. The van der Waals surface area contributed by atoms with Gasteiger partial charge in [0.1, 0.15) is 23.1 Å². The normalized spacial score (nSPS) is 17.1. The van der Waals surface area contributed by atoms with Crippen molar-refractivity contribution >= 4 is 22.6 Å². The maximum Gasteiger partial charge on any atom is 0.242 e. The lowest BCUT2D eigenvalue weighted by Gasteiger charge is -2.30. The van der Waals surface area contributed by atoms with Crippen LogP contribution in [-0.4, -0.2) is 84.6 Å². The fraction of sp³-hybridized carbons (Fsp3) is 0.357. The van der Waals surface area contributed by atoms with Crippen LogP contribution in [0.3, 0.4) is 0 Å². The Morgan fingerprint density at radius 1 is 1.16 bits per heavy atom. The standard InChI is InChI=1S/C28H30N6O4/c1-33(16-26(35)34-7-9-37-10-8-34)28-23-13-18(21-14-29-30-15-21)3-5-24(23)31-27(32-28)20-11-19-12-22(36-2)4-6-25(19)38-17-20/h3-6,12-15,20H,7-11,16-17H2,1-2H3,(H,29,30)/t20-/m0/s1. The van der Waals surface area contributed by atoms with Crippen LogP contribution in [0.25, 0.3) is 22.0 Å². The molecule has 2 aromatic carbocycles. The first-order valence-corrected chi connectivity index (χ1v) is 12.8. The average Bonchev–Trinajstić information content (AvgIpc) is 3.51. The predicted octanol–water partition coefficient (Wildman–Crippen LogP) is 3.04. The van der Waals surface area contributed by atoms with E-state index in [1.807, 2.05) is 53.4 Å². The molecule has 10 heteroatoms. The number of rotatable bonds is 6. The molecule has 10 nitrogen and oxygen atoms in total. The molecule has 1 amide bonds. The zero-order valence-electron chi connectivity index (χ0n) is 21.5. The van der Waals surface area contributed by atoms with Crippen molar-refractivity contribution in [1.82, 2.24) is 25.1 Å². The third-order valence-electron chi connectivity index (χ3n) is 7.16. The lowest BCUT2D eigenvalue weighted by atomic mass is 9.95. The number of amides is 1. The summed E-state index contributed by atoms with van der Waals surface area (Å²) in [5.41, 5.74) is 3.86. The largest absolute Gasteiger partial charge is 0.497 e. The van der Waals surface area contributed by atoms with Gasteiger partial charge in [-0.2, -0.15) is 5.10 Å². The minimum atomic E-state index is -0.0327. The number of likely N-dealkylation sites (N-methyl/N-ethyl adjacent to an activating group) is 1. The van der Waals surface area contributed by atoms with Gasteiger partial charge in [-0.25, -0.2) is 9.97 Å². The van der Waals surface area contributed by atoms with Crippen LogP contribution in [0.2, 0.25) is 0 Å². The van der Waals surface area contributed by atoms with Gasteiger partial charge in [0.05, 0.1) is 51.1 Å². The summed E-state index contributed by atoms with van der Waals surface area (Å²) in [6.07, 6.45) is 4.38. The number of H-pyrrole nitrogens is 1. The van der Waals surface area contributed by atoms with E-state index in [0.29, 0.717) is 44.6 Å². The highest BCUT2D eigenvalue weighted by molar-refractivity contribution is 5.94. The van der Waals surface area contributed by atoms with Crippen molar-refractivity contribution in [2.24, 2.45) is 0 Å². The first kappa shape index (κ1) is 24.2. The lowest BCUT2D eigenvalue weighted by molar-refractivity contribution is -0.133. The molecule has 0 saturated carbocycles. The summed E-state index contributed by atoms with van der Waals surface area (Å²) in [7, 11) is 3.57. The zero-order valence-corrected chi connectivity index (χ0v) is 21.5. The summed E-state index contributed by atoms with van der Waals surface area (Å²) in [6.45, 7) is 3.04. The van der Waals surface area contributed by atoms with E-state index < -0.39 is 0 Å². The second-order valence-corrected chi connectivity index (χ2v) is 9.66. The molecule has 0 aliphatic carbocycles. The van der Waals surface area contributed by atoms with Crippen LogP contribution in [0.15, 0.2) is 48.8 Å². The highest BCUT2D eigenvalue weighted by Crippen LogP contribution is 2.36. The Kier molecular flexibility index (Phi) is 6.55. The van der Waals surface area contributed by atoms with Crippen LogP contribution in [-0.2, 0) is 16.0 Å². The molecule has 2 aromatic heterocycles. The number of anilines is 1. The Morgan fingerprint density at radius 2 is 2.03 bits per heavy atom. The van der Waals surface area contributed by atoms with Crippen molar-refractivity contribution in [1.29, 1.82) is 0 Å². The first-order valence-electron chi connectivity index (χ1n) is 12.8. The molecule has 6 rings (SSSR count). The summed E-state index contributed by atoms with van der Waals surface area (Å²) >= 11 is 0. The number of aromatic amines is 1. The number of fused-ring (bicyclic) bond motifs is 2. The topological polar surface area (TPSA) is 106 Å². The van der Waals surface area contributed by atoms with Gasteiger partial charge in [0.25, 0.3) is 0 Å². The fourth-order valence-corrected chi connectivity index (χ4v) is 5.05. The number of aromatic nitrogens is 4. The van der Waals surface area contributed by atoms with E-state index in [0.717, 1.165) is 45.5 Å². The molecule has 0 bridgehead atoms. The Hall–Kier alpha value is -4.18. The number of carbonyl (C=O) groups excluding carboxylic acids is 1. The third-order valence-corrected chi connectivity index (χ3v) is 7.16. The van der Waals surface area contributed by atoms with Crippen LogP contribution in [0.1, 0.15) is 17.3 Å². The molecule has 1 fully saturated rings. The summed E-state index contributed by atoms with van der Waals surface area (Å²) in [4.78, 5) is 26.9. The highest BCUT2D eigenvalue weighted by Gasteiger charge is 2.27. The quantitative estimate of drug-likeness (QED) is 0.419. The smallest absolute Gasteiger partial charge is 0.242 e. The van der Waals surface area contributed by atoms with Gasteiger partial charge < -0.3 is 24.0 Å². The summed E-state index contributed by atoms with van der Waals surface area (Å²) in [6, 6.07) is 12.0. The molecule has 0 spiro atoms. The SMILES string of the molecule is COc1ccc2c(c1)C[C@H](c1nc(N(C)CC(=O)N3CCOCC3)c3cc(-c4cn[nH]c4)ccc3n1)CO2. The number of carbonyl (C=O) groups is 1. The number of nitrogens with zero attached hydrogens (tertiary/aromatic N) is 5. The minimum absolute atomic E-state index is 0.0327. The van der Waals surface area contributed by atoms with Gasteiger partial charge in [0, 0.05) is 37.3 Å². The number of ether oxygens (including phenoxy) is 3. The Bertz CT molecular complexity index is 1450. The number of hydrogen-bond acceptors (Lipinski definition) is 8. The molecule has 1 atom stereocenters. The van der Waals surface area contributed by atoms with Crippen molar-refractivity contribution in [2.75, 3.05) is 58.5 Å². The van der Waals surface area contributed by atoms with Crippen molar-refractivity contribution in [3.8, 4) is 22.6 Å². The maximum atomic E-state index is 13.1. The average molecular weight is 515 g/mol. The van der Waals surface area contributed by atoms with Gasteiger partial charge in [-0.15, -0.1) is 0 Å². The number of nitrogens with one attached hydrogen (secondary N) is 1. The molecule has 4 aromatic rings. The molecule has 1 saturated heterocycles. The summed E-state index contributed by atoms with van der Waals surface area (Å²) in [5.74, 6) is 3.09.